The highest BCUT2D eigenvalue weighted by Crippen LogP contribution is 2.29. The van der Waals surface area contributed by atoms with E-state index in [1.807, 2.05) is 13.8 Å². The van der Waals surface area contributed by atoms with E-state index in [0.717, 1.165) is 37.3 Å². The van der Waals surface area contributed by atoms with Gasteiger partial charge >= 0.3 is 0 Å². The molecule has 1 aliphatic rings. The maximum absolute atomic E-state index is 11.1. The molecule has 1 aliphatic heterocycles. The second-order valence-electron chi connectivity index (χ2n) is 5.35. The first-order valence-electron chi connectivity index (χ1n) is 6.93. The number of amides is 1. The van der Waals surface area contributed by atoms with Gasteiger partial charge in [-0.3, -0.25) is 4.79 Å². The van der Waals surface area contributed by atoms with Gasteiger partial charge in [-0.25, -0.2) is 4.98 Å². The summed E-state index contributed by atoms with van der Waals surface area (Å²) < 4.78 is 5.30. The fourth-order valence-corrected chi connectivity index (χ4v) is 2.80. The number of hydrogen-bond donors (Lipinski definition) is 1. The molecule has 110 valence electrons. The Labute approximate surface area is 119 Å². The van der Waals surface area contributed by atoms with Crippen molar-refractivity contribution < 1.29 is 9.53 Å². The van der Waals surface area contributed by atoms with Crippen LogP contribution < -0.4 is 15.4 Å². The summed E-state index contributed by atoms with van der Waals surface area (Å²) in [7, 11) is 1.62. The van der Waals surface area contributed by atoms with E-state index in [2.05, 4.69) is 14.9 Å². The van der Waals surface area contributed by atoms with Crippen molar-refractivity contribution >= 4 is 11.7 Å². The van der Waals surface area contributed by atoms with E-state index in [1.165, 1.54) is 0 Å². The molecule has 2 rings (SSSR count). The van der Waals surface area contributed by atoms with E-state index in [9.17, 15) is 4.79 Å². The Hall–Kier alpha value is -1.85. The van der Waals surface area contributed by atoms with Crippen LogP contribution in [0.1, 0.15) is 30.7 Å². The number of nitrogens with two attached hydrogens (primary N) is 1. The first-order chi connectivity index (χ1) is 9.51. The van der Waals surface area contributed by atoms with Crippen molar-refractivity contribution in [2.24, 2.45) is 11.7 Å². The highest BCUT2D eigenvalue weighted by Gasteiger charge is 2.24. The van der Waals surface area contributed by atoms with Crippen LogP contribution in [-0.4, -0.2) is 36.1 Å². The molecule has 0 aromatic carbocycles. The number of carbonyl (C=O) groups is 1. The van der Waals surface area contributed by atoms with Crippen LogP contribution in [0, 0.1) is 19.8 Å². The molecule has 0 bridgehead atoms. The quantitative estimate of drug-likeness (QED) is 0.894. The second kappa shape index (κ2) is 6.07. The maximum Gasteiger partial charge on any atom is 0.221 e. The van der Waals surface area contributed by atoms with Gasteiger partial charge in [-0.1, -0.05) is 0 Å². The molecule has 0 spiro atoms. The van der Waals surface area contributed by atoms with Gasteiger partial charge in [-0.05, 0) is 32.6 Å². The van der Waals surface area contributed by atoms with E-state index in [-0.39, 0.29) is 5.91 Å². The zero-order valence-electron chi connectivity index (χ0n) is 12.3. The Bertz CT molecular complexity index is 504. The third kappa shape index (κ3) is 3.18. The summed E-state index contributed by atoms with van der Waals surface area (Å²) in [6.45, 7) is 5.57. The van der Waals surface area contributed by atoms with Crippen LogP contribution in [-0.2, 0) is 4.79 Å². The Morgan fingerprint density at radius 1 is 1.45 bits per heavy atom. The number of ether oxygens (including phenoxy) is 1. The summed E-state index contributed by atoms with van der Waals surface area (Å²) in [5.41, 5.74) is 6.25. The molecule has 0 unspecified atom stereocenters. The maximum atomic E-state index is 11.1. The number of methoxy groups -OCH3 is 1. The Balaban J connectivity index is 2.22. The van der Waals surface area contributed by atoms with Crippen LogP contribution in [0.15, 0.2) is 0 Å². The molecule has 1 fully saturated rings. The molecule has 20 heavy (non-hydrogen) atoms. The Morgan fingerprint density at radius 2 is 2.20 bits per heavy atom. The lowest BCUT2D eigenvalue weighted by Gasteiger charge is -2.34. The minimum absolute atomic E-state index is 0.231. The van der Waals surface area contributed by atoms with Gasteiger partial charge in [-0.2, -0.15) is 4.98 Å². The number of carbonyl (C=O) groups excluding carboxylic acids is 1. The van der Waals surface area contributed by atoms with Gasteiger partial charge < -0.3 is 15.4 Å². The average Bonchev–Trinajstić information content (AvgIpc) is 2.40. The molecule has 1 saturated heterocycles. The zero-order valence-corrected chi connectivity index (χ0v) is 12.3. The fourth-order valence-electron chi connectivity index (χ4n) is 2.80. The van der Waals surface area contributed by atoms with E-state index >= 15 is 0 Å². The molecule has 1 amide bonds. The third-order valence-electron chi connectivity index (χ3n) is 3.69. The summed E-state index contributed by atoms with van der Waals surface area (Å²) in [5, 5.41) is 0. The van der Waals surface area contributed by atoms with Crippen LogP contribution in [0.3, 0.4) is 0 Å². The predicted octanol–water partition coefficient (Wildman–Crippen LogP) is 1.19. The topological polar surface area (TPSA) is 81.3 Å². The largest absolute Gasteiger partial charge is 0.481 e. The van der Waals surface area contributed by atoms with Crippen LogP contribution in [0.5, 0.6) is 5.88 Å². The van der Waals surface area contributed by atoms with E-state index in [1.54, 1.807) is 7.11 Å². The lowest BCUT2D eigenvalue weighted by atomic mass is 9.94. The number of primary amides is 1. The zero-order chi connectivity index (χ0) is 14.7. The van der Waals surface area contributed by atoms with Gasteiger partial charge in [0.05, 0.1) is 12.7 Å². The van der Waals surface area contributed by atoms with Crippen molar-refractivity contribution in [3.63, 3.8) is 0 Å². The van der Waals surface area contributed by atoms with Gasteiger partial charge in [0.2, 0.25) is 11.8 Å². The normalized spacial score (nSPS) is 18.9. The molecule has 1 atom stereocenters. The predicted molar refractivity (Wildman–Crippen MR) is 76.8 cm³/mol. The monoisotopic (exact) mass is 278 g/mol. The number of aryl methyl sites for hydroxylation is 1. The first kappa shape index (κ1) is 14.6. The molecule has 0 radical (unpaired) electrons. The molecule has 1 aromatic rings. The van der Waals surface area contributed by atoms with Crippen molar-refractivity contribution in [2.75, 3.05) is 25.1 Å². The summed E-state index contributed by atoms with van der Waals surface area (Å²) in [4.78, 5) is 22.1. The minimum atomic E-state index is -0.231. The van der Waals surface area contributed by atoms with Crippen molar-refractivity contribution in [1.82, 2.24) is 9.97 Å². The number of rotatable bonds is 4. The van der Waals surface area contributed by atoms with Crippen LogP contribution >= 0.6 is 0 Å². The van der Waals surface area contributed by atoms with Crippen molar-refractivity contribution in [1.29, 1.82) is 0 Å². The molecular formula is C14H22N4O2. The first-order valence-corrected chi connectivity index (χ1v) is 6.93. The van der Waals surface area contributed by atoms with E-state index in [0.29, 0.717) is 24.0 Å². The molecule has 2 heterocycles. The van der Waals surface area contributed by atoms with Gasteiger partial charge in [-0.15, -0.1) is 0 Å². The van der Waals surface area contributed by atoms with E-state index in [4.69, 9.17) is 10.5 Å². The van der Waals surface area contributed by atoms with Gasteiger partial charge in [0.15, 0.2) is 0 Å². The lowest BCUT2D eigenvalue weighted by Crippen LogP contribution is -2.38. The summed E-state index contributed by atoms with van der Waals surface area (Å²) in [5.74, 6) is 2.29. The van der Waals surface area contributed by atoms with Crippen LogP contribution in [0.25, 0.3) is 0 Å². The SMILES string of the molecule is COc1nc(C)nc(N2CCC[C@H](CC(N)=O)C2)c1C. The number of nitrogens with zero attached hydrogens (tertiary/aromatic N) is 3. The molecular weight excluding hydrogens is 256 g/mol. The molecule has 6 heteroatoms. The molecule has 1 aromatic heterocycles. The standard InChI is InChI=1S/C14H22N4O2/c1-9-13(16-10(2)17-14(9)20-3)18-6-4-5-11(8-18)7-12(15)19/h11H,4-8H2,1-3H3,(H2,15,19)/t11-/m1/s1. The van der Waals surface area contributed by atoms with Crippen molar-refractivity contribution in [3.8, 4) is 5.88 Å². The van der Waals surface area contributed by atoms with Gasteiger partial charge in [0.25, 0.3) is 0 Å². The highest BCUT2D eigenvalue weighted by molar-refractivity contribution is 5.74. The molecule has 0 aliphatic carbocycles. The fraction of sp³-hybridized carbons (Fsp3) is 0.643. The van der Waals surface area contributed by atoms with Crippen molar-refractivity contribution in [3.05, 3.63) is 11.4 Å². The van der Waals surface area contributed by atoms with Gasteiger partial charge in [0.1, 0.15) is 11.6 Å². The number of hydrogen-bond acceptors (Lipinski definition) is 5. The smallest absolute Gasteiger partial charge is 0.221 e. The number of aromatic nitrogens is 2. The Kier molecular flexibility index (Phi) is 4.42. The van der Waals surface area contributed by atoms with Crippen molar-refractivity contribution in [2.45, 2.75) is 33.1 Å². The third-order valence-corrected chi connectivity index (χ3v) is 3.69. The van der Waals surface area contributed by atoms with E-state index < -0.39 is 0 Å². The minimum Gasteiger partial charge on any atom is -0.481 e. The molecule has 6 nitrogen and oxygen atoms in total. The van der Waals surface area contributed by atoms with Crippen LogP contribution in [0.4, 0.5) is 5.82 Å². The summed E-state index contributed by atoms with van der Waals surface area (Å²) in [6.07, 6.45) is 2.53. The number of anilines is 1. The Morgan fingerprint density at radius 3 is 2.85 bits per heavy atom. The highest BCUT2D eigenvalue weighted by atomic mass is 16.5. The number of piperidine rings is 1. The molecule has 2 N–H and O–H groups in total. The molecule has 0 saturated carbocycles. The summed E-state index contributed by atoms with van der Waals surface area (Å²) in [6, 6.07) is 0. The van der Waals surface area contributed by atoms with Gasteiger partial charge in [0, 0.05) is 19.5 Å². The van der Waals surface area contributed by atoms with Crippen LogP contribution in [0.2, 0.25) is 0 Å². The second-order valence-corrected chi connectivity index (χ2v) is 5.35. The lowest BCUT2D eigenvalue weighted by molar-refractivity contribution is -0.118. The average molecular weight is 278 g/mol. The summed E-state index contributed by atoms with van der Waals surface area (Å²) >= 11 is 0.